The van der Waals surface area contributed by atoms with Crippen LogP contribution in [0.2, 0.25) is 0 Å². The molecular weight excluding hydrogens is 348 g/mol. The van der Waals surface area contributed by atoms with Crippen LogP contribution in [0.25, 0.3) is 0 Å². The second-order valence-corrected chi connectivity index (χ2v) is 6.72. The molecule has 1 amide bonds. The molecule has 3 N–H and O–H groups in total. The van der Waals surface area contributed by atoms with Gasteiger partial charge in [0.05, 0.1) is 43.1 Å². The highest BCUT2D eigenvalue weighted by Gasteiger charge is 2.14. The smallest absolute Gasteiger partial charge is 0.278 e. The van der Waals surface area contributed by atoms with Crippen LogP contribution in [0.1, 0.15) is 10.4 Å². The summed E-state index contributed by atoms with van der Waals surface area (Å²) in [6.07, 6.45) is 3.91. The fourth-order valence-electron chi connectivity index (χ4n) is 2.02. The van der Waals surface area contributed by atoms with Crippen molar-refractivity contribution in [2.45, 2.75) is 0 Å². The molecule has 0 fully saturated rings. The Bertz CT molecular complexity index is 870. The van der Waals surface area contributed by atoms with Crippen molar-refractivity contribution in [2.24, 2.45) is 0 Å². The third-order valence-corrected chi connectivity index (χ3v) is 3.64. The normalized spacial score (nSPS) is 10.8. The van der Waals surface area contributed by atoms with E-state index in [1.54, 1.807) is 18.2 Å². The lowest BCUT2D eigenvalue weighted by Gasteiger charge is -2.16. The number of hydroxylamine groups is 1. The van der Waals surface area contributed by atoms with E-state index in [0.717, 1.165) is 6.26 Å². The van der Waals surface area contributed by atoms with Crippen LogP contribution in [0.4, 0.5) is 17.1 Å². The molecule has 0 radical (unpaired) electrons. The number of benzene rings is 1. The molecule has 1 aromatic carbocycles. The first-order valence-corrected chi connectivity index (χ1v) is 8.93. The lowest BCUT2D eigenvalue weighted by Crippen LogP contribution is -2.23. The molecule has 2 aromatic rings. The van der Waals surface area contributed by atoms with Gasteiger partial charge < -0.3 is 10.1 Å². The highest BCUT2D eigenvalue weighted by Crippen LogP contribution is 2.31. The molecular formula is C15H18N4O5S. The SMILES string of the molecule is CONC(=O)c1cnccc1Nc1ccc(OC)cc1NS(C)(=O)=O. The van der Waals surface area contributed by atoms with Crippen LogP contribution in [-0.2, 0) is 14.9 Å². The minimum Gasteiger partial charge on any atom is -0.497 e. The van der Waals surface area contributed by atoms with Crippen molar-refractivity contribution in [3.63, 3.8) is 0 Å². The number of carbonyl (C=O) groups is 1. The van der Waals surface area contributed by atoms with Crippen molar-refractivity contribution in [1.82, 2.24) is 10.5 Å². The van der Waals surface area contributed by atoms with Gasteiger partial charge in [0.2, 0.25) is 10.0 Å². The van der Waals surface area contributed by atoms with Crippen molar-refractivity contribution in [3.05, 3.63) is 42.2 Å². The lowest BCUT2D eigenvalue weighted by molar-refractivity contribution is 0.0538. The molecule has 0 aliphatic heterocycles. The Morgan fingerprint density at radius 3 is 2.52 bits per heavy atom. The highest BCUT2D eigenvalue weighted by atomic mass is 32.2. The van der Waals surface area contributed by atoms with Crippen molar-refractivity contribution < 1.29 is 22.8 Å². The number of pyridine rings is 1. The van der Waals surface area contributed by atoms with Crippen LogP contribution in [0.3, 0.4) is 0 Å². The molecule has 0 aliphatic rings. The number of ether oxygens (including phenoxy) is 1. The van der Waals surface area contributed by atoms with Crippen LogP contribution in [0.15, 0.2) is 36.7 Å². The first-order chi connectivity index (χ1) is 11.8. The number of amides is 1. The van der Waals surface area contributed by atoms with Crippen LogP contribution < -0.4 is 20.3 Å². The number of carbonyl (C=O) groups excluding carboxylic acids is 1. The van der Waals surface area contributed by atoms with Gasteiger partial charge in [0.15, 0.2) is 0 Å². The van der Waals surface area contributed by atoms with E-state index in [-0.39, 0.29) is 11.3 Å². The summed E-state index contributed by atoms with van der Waals surface area (Å²) in [7, 11) is -0.716. The first kappa shape index (κ1) is 18.5. The summed E-state index contributed by atoms with van der Waals surface area (Å²) in [5, 5.41) is 3.02. The molecule has 0 aliphatic carbocycles. The number of hydrogen-bond acceptors (Lipinski definition) is 7. The van der Waals surface area contributed by atoms with E-state index < -0.39 is 15.9 Å². The lowest BCUT2D eigenvalue weighted by atomic mass is 10.2. The summed E-state index contributed by atoms with van der Waals surface area (Å²) in [6.45, 7) is 0. The Labute approximate surface area is 145 Å². The number of hydrogen-bond donors (Lipinski definition) is 3. The maximum atomic E-state index is 12.0. The summed E-state index contributed by atoms with van der Waals surface area (Å²) in [6, 6.07) is 6.40. The van der Waals surface area contributed by atoms with Crippen molar-refractivity contribution in [2.75, 3.05) is 30.5 Å². The van der Waals surface area contributed by atoms with Crippen molar-refractivity contribution >= 4 is 33.0 Å². The average Bonchev–Trinajstić information content (AvgIpc) is 2.55. The topological polar surface area (TPSA) is 119 Å². The molecule has 25 heavy (non-hydrogen) atoms. The zero-order valence-electron chi connectivity index (χ0n) is 13.9. The Hall–Kier alpha value is -2.85. The summed E-state index contributed by atoms with van der Waals surface area (Å²) in [5.41, 5.74) is 3.57. The zero-order chi connectivity index (χ0) is 18.4. The third kappa shape index (κ3) is 5.06. The van der Waals surface area contributed by atoms with E-state index in [9.17, 15) is 13.2 Å². The second-order valence-electron chi connectivity index (χ2n) is 4.97. The molecule has 134 valence electrons. The fraction of sp³-hybridized carbons (Fsp3) is 0.200. The Balaban J connectivity index is 2.42. The zero-order valence-corrected chi connectivity index (χ0v) is 14.7. The number of methoxy groups -OCH3 is 1. The summed E-state index contributed by atoms with van der Waals surface area (Å²) in [4.78, 5) is 20.6. The molecule has 0 bridgehead atoms. The molecule has 10 heteroatoms. The molecule has 0 spiro atoms. The number of rotatable bonds is 7. The number of sulfonamides is 1. The van der Waals surface area contributed by atoms with Gasteiger partial charge in [-0.2, -0.15) is 0 Å². The van der Waals surface area contributed by atoms with E-state index in [1.165, 1.54) is 32.7 Å². The summed E-state index contributed by atoms with van der Waals surface area (Å²) < 4.78 is 30.7. The van der Waals surface area contributed by atoms with Gasteiger partial charge in [0, 0.05) is 18.5 Å². The van der Waals surface area contributed by atoms with Gasteiger partial charge in [0.25, 0.3) is 5.91 Å². The molecule has 2 rings (SSSR count). The van der Waals surface area contributed by atoms with Crippen LogP contribution in [0.5, 0.6) is 5.75 Å². The quantitative estimate of drug-likeness (QED) is 0.635. The predicted molar refractivity (Wildman–Crippen MR) is 93.5 cm³/mol. The predicted octanol–water partition coefficient (Wildman–Crippen LogP) is 1.50. The van der Waals surface area contributed by atoms with Crippen LogP contribution >= 0.6 is 0 Å². The van der Waals surface area contributed by atoms with Gasteiger partial charge in [-0.05, 0) is 18.2 Å². The third-order valence-electron chi connectivity index (χ3n) is 3.05. The molecule has 0 unspecified atom stereocenters. The van der Waals surface area contributed by atoms with Crippen LogP contribution in [0, 0.1) is 0 Å². The van der Waals surface area contributed by atoms with Gasteiger partial charge in [0.1, 0.15) is 5.75 Å². The van der Waals surface area contributed by atoms with Gasteiger partial charge in [-0.15, -0.1) is 0 Å². The van der Waals surface area contributed by atoms with Gasteiger partial charge in [-0.1, -0.05) is 0 Å². The molecule has 0 atom stereocenters. The van der Waals surface area contributed by atoms with Gasteiger partial charge in [-0.3, -0.25) is 19.3 Å². The van der Waals surface area contributed by atoms with E-state index in [1.807, 2.05) is 0 Å². The maximum Gasteiger partial charge on any atom is 0.278 e. The minimum absolute atomic E-state index is 0.227. The summed E-state index contributed by atoms with van der Waals surface area (Å²) >= 11 is 0. The average molecular weight is 366 g/mol. The Morgan fingerprint density at radius 1 is 1.12 bits per heavy atom. The van der Waals surface area contributed by atoms with E-state index >= 15 is 0 Å². The number of nitrogens with zero attached hydrogens (tertiary/aromatic N) is 1. The summed E-state index contributed by atoms with van der Waals surface area (Å²) in [5.74, 6) is -0.0204. The fourth-order valence-corrected chi connectivity index (χ4v) is 2.59. The van der Waals surface area contributed by atoms with E-state index in [0.29, 0.717) is 17.1 Å². The first-order valence-electron chi connectivity index (χ1n) is 7.04. The number of anilines is 3. The number of nitrogens with one attached hydrogen (secondary N) is 3. The highest BCUT2D eigenvalue weighted by molar-refractivity contribution is 7.92. The Kier molecular flexibility index (Phi) is 5.78. The van der Waals surface area contributed by atoms with Crippen LogP contribution in [-0.4, -0.2) is 39.8 Å². The van der Waals surface area contributed by atoms with Gasteiger partial charge >= 0.3 is 0 Å². The van der Waals surface area contributed by atoms with Crippen molar-refractivity contribution in [1.29, 1.82) is 0 Å². The van der Waals surface area contributed by atoms with E-state index in [2.05, 4.69) is 25.3 Å². The maximum absolute atomic E-state index is 12.0. The van der Waals surface area contributed by atoms with Gasteiger partial charge in [-0.25, -0.2) is 13.9 Å². The molecule has 0 saturated carbocycles. The molecule has 1 heterocycles. The second kappa shape index (κ2) is 7.81. The monoisotopic (exact) mass is 366 g/mol. The Morgan fingerprint density at radius 2 is 1.88 bits per heavy atom. The minimum atomic E-state index is -3.51. The van der Waals surface area contributed by atoms with E-state index in [4.69, 9.17) is 4.74 Å². The van der Waals surface area contributed by atoms with Crippen molar-refractivity contribution in [3.8, 4) is 5.75 Å². The standard InChI is InChI=1S/C15H18N4O5S/c1-23-10-4-5-13(14(8-10)19-25(3,21)22)17-12-6-7-16-9-11(12)15(20)18-24-2/h4-9,19H,1-3H3,(H,16,17)(H,18,20). The molecule has 9 nitrogen and oxygen atoms in total. The largest absolute Gasteiger partial charge is 0.497 e. The molecule has 1 aromatic heterocycles. The molecule has 0 saturated heterocycles. The number of aromatic nitrogens is 1.